The van der Waals surface area contributed by atoms with E-state index in [1.54, 1.807) is 0 Å². The number of nitrogens with zero attached hydrogens (tertiary/aromatic N) is 2. The minimum atomic E-state index is 1.13. The summed E-state index contributed by atoms with van der Waals surface area (Å²) in [7, 11) is 0. The lowest BCUT2D eigenvalue weighted by atomic mass is 10.0. The van der Waals surface area contributed by atoms with Crippen LogP contribution in [0.4, 0.5) is 0 Å². The van der Waals surface area contributed by atoms with Crippen LogP contribution in [0.25, 0.3) is 11.4 Å². The molecule has 0 aliphatic carbocycles. The van der Waals surface area contributed by atoms with Gasteiger partial charge in [0.1, 0.15) is 12.4 Å². The first-order valence-corrected chi connectivity index (χ1v) is 14.0. The highest BCUT2D eigenvalue weighted by Crippen LogP contribution is 2.18. The molecule has 180 valence electrons. The molecule has 2 heteroatoms. The first-order valence-electron chi connectivity index (χ1n) is 14.0. The summed E-state index contributed by atoms with van der Waals surface area (Å²) < 4.78 is 4.97. The smallest absolute Gasteiger partial charge is 0.230 e. The third kappa shape index (κ3) is 10.8. The van der Waals surface area contributed by atoms with E-state index >= 15 is 0 Å². The third-order valence-corrected chi connectivity index (χ3v) is 6.76. The van der Waals surface area contributed by atoms with Crippen LogP contribution in [-0.4, -0.2) is 4.57 Å². The number of hydrogen-bond acceptors (Lipinski definition) is 0. The molecule has 0 atom stereocenters. The molecule has 1 aromatic heterocycles. The van der Waals surface area contributed by atoms with Gasteiger partial charge >= 0.3 is 0 Å². The van der Waals surface area contributed by atoms with Crippen LogP contribution in [0, 0.1) is 0 Å². The maximum absolute atomic E-state index is 2.49. The molecule has 2 aromatic rings. The highest BCUT2D eigenvalue weighted by atomic mass is 15.1. The van der Waals surface area contributed by atoms with Gasteiger partial charge in [-0.1, -0.05) is 116 Å². The Morgan fingerprint density at radius 3 is 1.66 bits per heavy atom. The Morgan fingerprint density at radius 1 is 0.594 bits per heavy atom. The minimum absolute atomic E-state index is 1.13. The number of imidazole rings is 1. The highest BCUT2D eigenvalue weighted by molar-refractivity contribution is 5.52. The Hall–Kier alpha value is -1.57. The first kappa shape index (κ1) is 26.7. The number of rotatable bonds is 20. The van der Waals surface area contributed by atoms with Gasteiger partial charge in [-0.3, -0.25) is 0 Å². The second-order valence-corrected chi connectivity index (χ2v) is 9.68. The number of hydrogen-bond donors (Lipinski definition) is 0. The van der Waals surface area contributed by atoms with Crippen molar-refractivity contribution in [2.75, 3.05) is 0 Å². The molecule has 2 rings (SSSR count). The summed E-state index contributed by atoms with van der Waals surface area (Å²) in [4.78, 5) is 0. The van der Waals surface area contributed by atoms with Crippen molar-refractivity contribution in [3.8, 4) is 11.4 Å². The molecule has 0 bridgehead atoms. The van der Waals surface area contributed by atoms with E-state index in [0.717, 1.165) is 13.1 Å². The molecule has 0 N–H and O–H groups in total. The molecule has 2 nitrogen and oxygen atoms in total. The molecule has 1 aromatic carbocycles. The molecule has 0 aliphatic rings. The summed E-state index contributed by atoms with van der Waals surface area (Å²) in [5.41, 5.74) is 1.35. The van der Waals surface area contributed by atoms with E-state index in [9.17, 15) is 0 Å². The molecular formula is C30H51N2+. The van der Waals surface area contributed by atoms with E-state index in [-0.39, 0.29) is 0 Å². The number of aromatic nitrogens is 2. The fourth-order valence-corrected chi connectivity index (χ4v) is 4.76. The van der Waals surface area contributed by atoms with Crippen molar-refractivity contribution >= 4 is 0 Å². The van der Waals surface area contributed by atoms with Crippen LogP contribution in [-0.2, 0) is 13.1 Å². The lowest BCUT2D eigenvalue weighted by Crippen LogP contribution is -2.34. The van der Waals surface area contributed by atoms with Crippen molar-refractivity contribution in [1.29, 1.82) is 0 Å². The molecule has 1 heterocycles. The van der Waals surface area contributed by atoms with Crippen LogP contribution in [0.1, 0.15) is 123 Å². The van der Waals surface area contributed by atoms with Crippen LogP contribution < -0.4 is 4.57 Å². The van der Waals surface area contributed by atoms with E-state index in [1.807, 2.05) is 0 Å². The largest absolute Gasteiger partial charge is 0.288 e. The second kappa shape index (κ2) is 17.9. The topological polar surface area (TPSA) is 8.81 Å². The van der Waals surface area contributed by atoms with Gasteiger partial charge < -0.3 is 0 Å². The molecule has 0 saturated carbocycles. The standard InChI is InChI=1S/C30H51N2/c1-3-5-7-9-10-11-12-13-14-15-16-17-22-26-32-28-27-31(25-21-8-6-4-2)30(32)29-23-19-18-20-24-29/h18-20,23-24,27-28H,3-17,21-22,25-26H2,1-2H3/q+1. The van der Waals surface area contributed by atoms with E-state index in [0.29, 0.717) is 0 Å². The summed E-state index contributed by atoms with van der Waals surface area (Å²) in [5.74, 6) is 1.39. The van der Waals surface area contributed by atoms with Gasteiger partial charge in [-0.05, 0) is 37.8 Å². The van der Waals surface area contributed by atoms with Crippen molar-refractivity contribution in [1.82, 2.24) is 4.57 Å². The summed E-state index contributed by atoms with van der Waals surface area (Å²) >= 11 is 0. The average Bonchev–Trinajstić information content (AvgIpc) is 3.23. The summed E-state index contributed by atoms with van der Waals surface area (Å²) in [5, 5.41) is 0. The van der Waals surface area contributed by atoms with Crippen LogP contribution in [0.3, 0.4) is 0 Å². The normalized spacial score (nSPS) is 11.3. The van der Waals surface area contributed by atoms with E-state index in [1.165, 1.54) is 121 Å². The zero-order valence-electron chi connectivity index (χ0n) is 21.4. The van der Waals surface area contributed by atoms with Crippen molar-refractivity contribution in [3.63, 3.8) is 0 Å². The van der Waals surface area contributed by atoms with E-state index < -0.39 is 0 Å². The molecule has 0 radical (unpaired) electrons. The zero-order valence-corrected chi connectivity index (χ0v) is 21.4. The first-order chi connectivity index (χ1) is 15.9. The number of aryl methyl sites for hydroxylation is 2. The Labute approximate surface area is 199 Å². The van der Waals surface area contributed by atoms with Gasteiger partial charge in [-0.15, -0.1) is 0 Å². The molecule has 0 spiro atoms. The van der Waals surface area contributed by atoms with Crippen LogP contribution in [0.5, 0.6) is 0 Å². The Morgan fingerprint density at radius 2 is 1.09 bits per heavy atom. The number of unbranched alkanes of at least 4 members (excludes halogenated alkanes) is 15. The van der Waals surface area contributed by atoms with Crippen LogP contribution in [0.15, 0.2) is 42.7 Å². The number of benzene rings is 1. The SMILES string of the molecule is CCCCCCCCCCCCCCC[n+]1ccn(CCCCCC)c1-c1ccccc1. The highest BCUT2D eigenvalue weighted by Gasteiger charge is 2.18. The maximum Gasteiger partial charge on any atom is 0.288 e. The molecule has 0 unspecified atom stereocenters. The zero-order chi connectivity index (χ0) is 22.7. The summed E-state index contributed by atoms with van der Waals surface area (Å²) in [6, 6.07) is 11.0. The molecule has 0 amide bonds. The molecule has 0 fully saturated rings. The fourth-order valence-electron chi connectivity index (χ4n) is 4.76. The minimum Gasteiger partial charge on any atom is -0.230 e. The predicted molar refractivity (Wildman–Crippen MR) is 140 cm³/mol. The van der Waals surface area contributed by atoms with Gasteiger partial charge in [-0.2, -0.15) is 0 Å². The Bertz CT molecular complexity index is 673. The monoisotopic (exact) mass is 439 g/mol. The van der Waals surface area contributed by atoms with E-state index in [2.05, 4.69) is 65.7 Å². The van der Waals surface area contributed by atoms with Gasteiger partial charge in [0.25, 0.3) is 5.82 Å². The summed E-state index contributed by atoms with van der Waals surface area (Å²) in [6.07, 6.45) is 28.3. The molecular weight excluding hydrogens is 388 g/mol. The van der Waals surface area contributed by atoms with Crippen LogP contribution in [0.2, 0.25) is 0 Å². The van der Waals surface area contributed by atoms with Crippen molar-refractivity contribution < 1.29 is 4.57 Å². The van der Waals surface area contributed by atoms with Gasteiger partial charge in [-0.25, -0.2) is 9.13 Å². The molecule has 0 aliphatic heterocycles. The van der Waals surface area contributed by atoms with E-state index in [4.69, 9.17) is 0 Å². The van der Waals surface area contributed by atoms with Gasteiger partial charge in [0.05, 0.1) is 18.7 Å². The molecule has 32 heavy (non-hydrogen) atoms. The molecule has 0 saturated heterocycles. The maximum atomic E-state index is 2.49. The lowest BCUT2D eigenvalue weighted by Gasteiger charge is -2.06. The van der Waals surface area contributed by atoms with Crippen molar-refractivity contribution in [2.24, 2.45) is 0 Å². The quantitative estimate of drug-likeness (QED) is 0.144. The Kier molecular flexibility index (Phi) is 14.9. The lowest BCUT2D eigenvalue weighted by molar-refractivity contribution is -0.686. The summed E-state index contributed by atoms with van der Waals surface area (Å²) in [6.45, 7) is 6.86. The third-order valence-electron chi connectivity index (χ3n) is 6.76. The van der Waals surface area contributed by atoms with Gasteiger partial charge in [0.2, 0.25) is 0 Å². The van der Waals surface area contributed by atoms with Gasteiger partial charge in [0.15, 0.2) is 0 Å². The van der Waals surface area contributed by atoms with Crippen molar-refractivity contribution in [2.45, 2.75) is 136 Å². The fraction of sp³-hybridized carbons (Fsp3) is 0.700. The Balaban J connectivity index is 1.65. The van der Waals surface area contributed by atoms with Crippen molar-refractivity contribution in [3.05, 3.63) is 42.7 Å². The average molecular weight is 440 g/mol. The van der Waals surface area contributed by atoms with Crippen LogP contribution >= 0.6 is 0 Å². The van der Waals surface area contributed by atoms with Gasteiger partial charge in [0, 0.05) is 0 Å². The predicted octanol–water partition coefficient (Wildman–Crippen LogP) is 9.11. The second-order valence-electron chi connectivity index (χ2n) is 9.68.